The smallest absolute Gasteiger partial charge is 0.335 e. The van der Waals surface area contributed by atoms with Gasteiger partial charge in [0, 0.05) is 5.02 Å². The van der Waals surface area contributed by atoms with Crippen molar-refractivity contribution in [3.05, 3.63) is 100 Å². The monoisotopic (exact) mass is 446 g/mol. The summed E-state index contributed by atoms with van der Waals surface area (Å²) in [6.07, 6.45) is 1.44. The first-order valence-corrected chi connectivity index (χ1v) is 10.2. The molecule has 7 heteroatoms. The maximum absolute atomic E-state index is 12.9. The van der Waals surface area contributed by atoms with Crippen molar-refractivity contribution >= 4 is 41.2 Å². The summed E-state index contributed by atoms with van der Waals surface area (Å²) >= 11 is 5.98. The Morgan fingerprint density at radius 3 is 2.38 bits per heavy atom. The van der Waals surface area contributed by atoms with Crippen LogP contribution in [0.15, 0.2) is 78.4 Å². The zero-order chi connectivity index (χ0) is 22.7. The third-order valence-electron chi connectivity index (χ3n) is 4.89. The minimum Gasteiger partial charge on any atom is -0.489 e. The summed E-state index contributed by atoms with van der Waals surface area (Å²) in [5.41, 5.74) is 2.97. The summed E-state index contributed by atoms with van der Waals surface area (Å²) < 4.78 is 5.79. The average molecular weight is 447 g/mol. The summed E-state index contributed by atoms with van der Waals surface area (Å²) in [6, 6.07) is 20.5. The van der Waals surface area contributed by atoms with Crippen LogP contribution in [0.5, 0.6) is 5.75 Å². The topological polar surface area (TPSA) is 75.7 Å². The highest BCUT2D eigenvalue weighted by Gasteiger charge is 2.36. The fourth-order valence-electron chi connectivity index (χ4n) is 3.19. The highest BCUT2D eigenvalue weighted by atomic mass is 35.5. The molecule has 4 rings (SSSR count). The Balaban J connectivity index is 1.51. The number of carbonyl (C=O) groups is 3. The van der Waals surface area contributed by atoms with Crippen molar-refractivity contribution in [3.8, 4) is 5.75 Å². The highest BCUT2D eigenvalue weighted by Crippen LogP contribution is 2.25. The van der Waals surface area contributed by atoms with Gasteiger partial charge in [0.05, 0.1) is 5.69 Å². The van der Waals surface area contributed by atoms with Crippen LogP contribution in [0.3, 0.4) is 0 Å². The van der Waals surface area contributed by atoms with Gasteiger partial charge >= 0.3 is 6.03 Å². The number of amides is 4. The molecule has 3 aromatic carbocycles. The molecule has 4 amide bonds. The second-order valence-corrected chi connectivity index (χ2v) is 7.72. The van der Waals surface area contributed by atoms with Crippen LogP contribution in [-0.2, 0) is 16.2 Å². The maximum Gasteiger partial charge on any atom is 0.335 e. The lowest BCUT2D eigenvalue weighted by atomic mass is 10.1. The third kappa shape index (κ3) is 4.71. The Kier molecular flexibility index (Phi) is 6.05. The second kappa shape index (κ2) is 9.08. The number of carbonyl (C=O) groups excluding carboxylic acids is 3. The van der Waals surface area contributed by atoms with E-state index in [0.717, 1.165) is 10.5 Å². The van der Waals surface area contributed by atoms with E-state index < -0.39 is 17.8 Å². The number of benzene rings is 3. The van der Waals surface area contributed by atoms with E-state index >= 15 is 0 Å². The van der Waals surface area contributed by atoms with Crippen LogP contribution in [-0.4, -0.2) is 17.8 Å². The molecule has 0 aliphatic carbocycles. The Hall–Kier alpha value is -3.90. The number of aryl methyl sites for hydroxylation is 1. The normalized spacial score (nSPS) is 15.1. The molecular weight excluding hydrogens is 428 g/mol. The molecule has 0 spiro atoms. The lowest BCUT2D eigenvalue weighted by Gasteiger charge is -2.26. The molecule has 0 atom stereocenters. The van der Waals surface area contributed by atoms with Crippen LogP contribution in [0.25, 0.3) is 6.08 Å². The molecule has 1 N–H and O–H groups in total. The molecule has 32 heavy (non-hydrogen) atoms. The predicted octanol–water partition coefficient (Wildman–Crippen LogP) is 4.89. The van der Waals surface area contributed by atoms with Crippen LogP contribution in [0.4, 0.5) is 10.5 Å². The first-order chi connectivity index (χ1) is 15.4. The van der Waals surface area contributed by atoms with Crippen molar-refractivity contribution in [1.29, 1.82) is 0 Å². The zero-order valence-corrected chi connectivity index (χ0v) is 17.9. The van der Waals surface area contributed by atoms with Gasteiger partial charge in [-0.25, -0.2) is 9.69 Å². The molecule has 3 aromatic rings. The molecule has 160 valence electrons. The van der Waals surface area contributed by atoms with Crippen molar-refractivity contribution in [2.24, 2.45) is 0 Å². The van der Waals surface area contributed by atoms with Gasteiger partial charge in [0.25, 0.3) is 11.8 Å². The quantitative estimate of drug-likeness (QED) is 0.447. The van der Waals surface area contributed by atoms with E-state index in [2.05, 4.69) is 5.32 Å². The van der Waals surface area contributed by atoms with Gasteiger partial charge in [-0.15, -0.1) is 0 Å². The summed E-state index contributed by atoms with van der Waals surface area (Å²) in [7, 11) is 0. The molecule has 1 aliphatic rings. The van der Waals surface area contributed by atoms with E-state index in [1.807, 2.05) is 31.2 Å². The number of rotatable bonds is 5. The molecule has 0 bridgehead atoms. The average Bonchev–Trinajstić information content (AvgIpc) is 2.77. The van der Waals surface area contributed by atoms with Gasteiger partial charge in [-0.05, 0) is 54.5 Å². The number of halogens is 1. The maximum atomic E-state index is 12.9. The number of nitrogens with zero attached hydrogens (tertiary/aromatic N) is 1. The third-order valence-corrected chi connectivity index (χ3v) is 5.12. The molecule has 0 unspecified atom stereocenters. The van der Waals surface area contributed by atoms with Crippen molar-refractivity contribution in [1.82, 2.24) is 5.32 Å². The van der Waals surface area contributed by atoms with E-state index in [1.165, 1.54) is 17.7 Å². The SMILES string of the molecule is Cc1ccc(COc2ccc(/C=C3\C(=O)NC(=O)N(c4cccc(Cl)c4)C3=O)cc2)cc1. The molecular formula is C25H19ClN2O4. The largest absolute Gasteiger partial charge is 0.489 e. The second-order valence-electron chi connectivity index (χ2n) is 7.28. The van der Waals surface area contributed by atoms with E-state index in [4.69, 9.17) is 16.3 Å². The summed E-state index contributed by atoms with van der Waals surface area (Å²) in [5.74, 6) is -0.818. The van der Waals surface area contributed by atoms with E-state index in [0.29, 0.717) is 22.9 Å². The minimum absolute atomic E-state index is 0.155. The van der Waals surface area contributed by atoms with Gasteiger partial charge in [-0.1, -0.05) is 59.6 Å². The number of barbiturate groups is 1. The van der Waals surface area contributed by atoms with Crippen LogP contribution < -0.4 is 15.0 Å². The van der Waals surface area contributed by atoms with Gasteiger partial charge in [-0.2, -0.15) is 0 Å². The molecule has 0 aromatic heterocycles. The standard InChI is InChI=1S/C25H19ClN2O4/c1-16-5-7-18(8-6-16)15-32-21-11-9-17(10-12-21)13-22-23(29)27-25(31)28(24(22)30)20-4-2-3-19(26)14-20/h2-14H,15H2,1H3,(H,27,29,31)/b22-13+. The molecule has 1 fully saturated rings. The first kappa shape index (κ1) is 21.3. The fraction of sp³-hybridized carbons (Fsp3) is 0.0800. The van der Waals surface area contributed by atoms with Crippen molar-refractivity contribution in [2.45, 2.75) is 13.5 Å². The molecule has 0 saturated carbocycles. The summed E-state index contributed by atoms with van der Waals surface area (Å²) in [6.45, 7) is 2.46. The number of hydrogen-bond donors (Lipinski definition) is 1. The van der Waals surface area contributed by atoms with Gasteiger partial charge in [-0.3, -0.25) is 14.9 Å². The minimum atomic E-state index is -0.820. The van der Waals surface area contributed by atoms with Gasteiger partial charge < -0.3 is 4.74 Å². The number of hydrogen-bond acceptors (Lipinski definition) is 4. The van der Waals surface area contributed by atoms with Crippen molar-refractivity contribution in [3.63, 3.8) is 0 Å². The van der Waals surface area contributed by atoms with Gasteiger partial charge in [0.1, 0.15) is 17.9 Å². The van der Waals surface area contributed by atoms with Crippen LogP contribution in [0.2, 0.25) is 5.02 Å². The van der Waals surface area contributed by atoms with E-state index in [-0.39, 0.29) is 11.3 Å². The highest BCUT2D eigenvalue weighted by molar-refractivity contribution is 6.39. The van der Waals surface area contributed by atoms with Crippen LogP contribution in [0, 0.1) is 6.92 Å². The fourth-order valence-corrected chi connectivity index (χ4v) is 3.37. The van der Waals surface area contributed by atoms with Crippen molar-refractivity contribution < 1.29 is 19.1 Å². The Morgan fingerprint density at radius 1 is 0.969 bits per heavy atom. The summed E-state index contributed by atoms with van der Waals surface area (Å²) in [5, 5.41) is 2.56. The van der Waals surface area contributed by atoms with Crippen molar-refractivity contribution in [2.75, 3.05) is 4.90 Å². The lowest BCUT2D eigenvalue weighted by Crippen LogP contribution is -2.54. The number of anilines is 1. The Morgan fingerprint density at radius 2 is 1.69 bits per heavy atom. The number of urea groups is 1. The predicted molar refractivity (Wildman–Crippen MR) is 122 cm³/mol. The van der Waals surface area contributed by atoms with E-state index in [9.17, 15) is 14.4 Å². The van der Waals surface area contributed by atoms with Gasteiger partial charge in [0.2, 0.25) is 0 Å². The Labute approximate surface area is 190 Å². The van der Waals surface area contributed by atoms with Crippen LogP contribution in [0.1, 0.15) is 16.7 Å². The van der Waals surface area contributed by atoms with Crippen LogP contribution >= 0.6 is 11.6 Å². The number of nitrogens with one attached hydrogen (secondary N) is 1. The van der Waals surface area contributed by atoms with Gasteiger partial charge in [0.15, 0.2) is 0 Å². The molecule has 1 saturated heterocycles. The Bertz CT molecular complexity index is 1220. The molecule has 0 radical (unpaired) electrons. The summed E-state index contributed by atoms with van der Waals surface area (Å²) in [4.78, 5) is 38.4. The number of imide groups is 2. The molecule has 1 aliphatic heterocycles. The van der Waals surface area contributed by atoms with E-state index in [1.54, 1.807) is 42.5 Å². The zero-order valence-electron chi connectivity index (χ0n) is 17.2. The molecule has 1 heterocycles. The lowest BCUT2D eigenvalue weighted by molar-refractivity contribution is -0.122. The number of ether oxygens (including phenoxy) is 1. The molecule has 6 nitrogen and oxygen atoms in total. The first-order valence-electron chi connectivity index (χ1n) is 9.86.